The molecule has 1 rings (SSSR count). The predicted octanol–water partition coefficient (Wildman–Crippen LogP) is 1.62. The van der Waals surface area contributed by atoms with Gasteiger partial charge in [0.2, 0.25) is 0 Å². The molecule has 0 aliphatic carbocycles. The zero-order valence-electron chi connectivity index (χ0n) is 9.60. The summed E-state index contributed by atoms with van der Waals surface area (Å²) < 4.78 is 23.0. The zero-order chi connectivity index (χ0) is 12.9. The van der Waals surface area contributed by atoms with Gasteiger partial charge >= 0.3 is 5.97 Å². The van der Waals surface area contributed by atoms with Crippen LogP contribution in [0.25, 0.3) is 0 Å². The highest BCUT2D eigenvalue weighted by atomic mass is 19.1. The Bertz CT molecular complexity index is 397. The first kappa shape index (κ1) is 13.2. The van der Waals surface area contributed by atoms with Crippen molar-refractivity contribution < 1.29 is 23.5 Å². The van der Waals surface area contributed by atoms with Gasteiger partial charge in [-0.05, 0) is 24.6 Å². The van der Waals surface area contributed by atoms with Gasteiger partial charge < -0.3 is 9.47 Å². The quantitative estimate of drug-likeness (QED) is 0.579. The van der Waals surface area contributed by atoms with Crippen molar-refractivity contribution in [2.75, 3.05) is 13.7 Å². The van der Waals surface area contributed by atoms with Crippen molar-refractivity contribution >= 4 is 12.3 Å². The molecule has 0 fully saturated rings. The standard InChI is InChI=1S/C12H13FO4/c1-12(13,8-14)9-3-5-10(6-4-9)17-7-11(15)16-2/h3-6,8H,7H2,1-2H3. The van der Waals surface area contributed by atoms with E-state index in [1.165, 1.54) is 38.3 Å². The summed E-state index contributed by atoms with van der Waals surface area (Å²) in [6.07, 6.45) is 0.233. The van der Waals surface area contributed by atoms with Crippen LogP contribution in [0.5, 0.6) is 5.75 Å². The number of esters is 1. The predicted molar refractivity (Wildman–Crippen MR) is 58.5 cm³/mol. The minimum absolute atomic E-state index is 0.212. The van der Waals surface area contributed by atoms with Crippen molar-refractivity contribution in [3.8, 4) is 5.75 Å². The largest absolute Gasteiger partial charge is 0.482 e. The highest BCUT2D eigenvalue weighted by Gasteiger charge is 2.24. The summed E-state index contributed by atoms with van der Waals surface area (Å²) in [4.78, 5) is 21.3. The van der Waals surface area contributed by atoms with E-state index in [0.29, 0.717) is 5.75 Å². The van der Waals surface area contributed by atoms with Crippen LogP contribution in [0.4, 0.5) is 4.39 Å². The summed E-state index contributed by atoms with van der Waals surface area (Å²) in [6, 6.07) is 5.83. The van der Waals surface area contributed by atoms with Gasteiger partial charge in [0.1, 0.15) is 5.75 Å². The van der Waals surface area contributed by atoms with Crippen LogP contribution in [0.15, 0.2) is 24.3 Å². The molecule has 0 bridgehead atoms. The van der Waals surface area contributed by atoms with Gasteiger partial charge in [0, 0.05) is 0 Å². The monoisotopic (exact) mass is 240 g/mol. The van der Waals surface area contributed by atoms with Crippen LogP contribution in [0, 0.1) is 0 Å². The molecule has 0 radical (unpaired) electrons. The molecule has 0 amide bonds. The SMILES string of the molecule is COC(=O)COc1ccc(C(C)(F)C=O)cc1. The van der Waals surface area contributed by atoms with E-state index >= 15 is 0 Å². The molecular weight excluding hydrogens is 227 g/mol. The number of halogens is 1. The Morgan fingerprint density at radius 1 is 1.41 bits per heavy atom. The van der Waals surface area contributed by atoms with Gasteiger partial charge in [-0.3, -0.25) is 4.79 Å². The van der Waals surface area contributed by atoms with E-state index in [2.05, 4.69) is 4.74 Å². The lowest BCUT2D eigenvalue weighted by atomic mass is 10.00. The van der Waals surface area contributed by atoms with Gasteiger partial charge in [-0.1, -0.05) is 12.1 Å². The van der Waals surface area contributed by atoms with Crippen molar-refractivity contribution in [1.29, 1.82) is 0 Å². The van der Waals surface area contributed by atoms with Crippen LogP contribution in [0.3, 0.4) is 0 Å². The Morgan fingerprint density at radius 2 is 2.00 bits per heavy atom. The fraction of sp³-hybridized carbons (Fsp3) is 0.333. The molecule has 0 aliphatic heterocycles. The number of ether oxygens (including phenoxy) is 2. The molecule has 17 heavy (non-hydrogen) atoms. The first-order valence-electron chi connectivity index (χ1n) is 4.95. The van der Waals surface area contributed by atoms with E-state index in [9.17, 15) is 14.0 Å². The second-order valence-corrected chi connectivity index (χ2v) is 3.58. The van der Waals surface area contributed by atoms with E-state index < -0.39 is 11.6 Å². The number of hydrogen-bond acceptors (Lipinski definition) is 4. The molecule has 1 aromatic carbocycles. The Hall–Kier alpha value is -1.91. The average molecular weight is 240 g/mol. The molecule has 0 saturated heterocycles. The third-order valence-electron chi connectivity index (χ3n) is 2.22. The van der Waals surface area contributed by atoms with Gasteiger partial charge in [-0.2, -0.15) is 0 Å². The van der Waals surface area contributed by atoms with Crippen LogP contribution in [0.1, 0.15) is 12.5 Å². The van der Waals surface area contributed by atoms with Crippen molar-refractivity contribution in [1.82, 2.24) is 0 Å². The molecule has 0 aromatic heterocycles. The van der Waals surface area contributed by atoms with Crippen LogP contribution >= 0.6 is 0 Å². The van der Waals surface area contributed by atoms with Crippen LogP contribution < -0.4 is 4.74 Å². The van der Waals surface area contributed by atoms with E-state index in [1.807, 2.05) is 0 Å². The second-order valence-electron chi connectivity index (χ2n) is 3.58. The summed E-state index contributed by atoms with van der Waals surface area (Å²) >= 11 is 0. The summed E-state index contributed by atoms with van der Waals surface area (Å²) in [5.41, 5.74) is -1.78. The van der Waals surface area contributed by atoms with Crippen LogP contribution in [-0.4, -0.2) is 26.0 Å². The molecule has 92 valence electrons. The maximum absolute atomic E-state index is 13.6. The molecule has 0 heterocycles. The Balaban J connectivity index is 2.68. The summed E-state index contributed by atoms with van der Waals surface area (Å²) in [5.74, 6) is -0.0989. The third-order valence-corrected chi connectivity index (χ3v) is 2.22. The molecule has 0 saturated carbocycles. The van der Waals surface area contributed by atoms with E-state index in [-0.39, 0.29) is 18.5 Å². The first-order chi connectivity index (χ1) is 7.99. The molecule has 1 unspecified atom stereocenters. The van der Waals surface area contributed by atoms with Crippen LogP contribution in [-0.2, 0) is 20.0 Å². The summed E-state index contributed by atoms with van der Waals surface area (Å²) in [6.45, 7) is 0.959. The van der Waals surface area contributed by atoms with Crippen LogP contribution in [0.2, 0.25) is 0 Å². The lowest BCUT2D eigenvalue weighted by molar-refractivity contribution is -0.142. The molecule has 4 nitrogen and oxygen atoms in total. The number of hydrogen-bond donors (Lipinski definition) is 0. The van der Waals surface area contributed by atoms with E-state index in [0.717, 1.165) is 0 Å². The summed E-state index contributed by atoms with van der Waals surface area (Å²) in [7, 11) is 1.26. The van der Waals surface area contributed by atoms with Gasteiger partial charge in [0.15, 0.2) is 18.6 Å². The van der Waals surface area contributed by atoms with Gasteiger partial charge in [-0.25, -0.2) is 9.18 Å². The zero-order valence-corrected chi connectivity index (χ0v) is 9.60. The van der Waals surface area contributed by atoms with Gasteiger partial charge in [0.05, 0.1) is 7.11 Å². The number of aldehydes is 1. The number of alkyl halides is 1. The Kier molecular flexibility index (Phi) is 4.20. The molecular formula is C12H13FO4. The van der Waals surface area contributed by atoms with Gasteiger partial charge in [-0.15, -0.1) is 0 Å². The summed E-state index contributed by atoms with van der Waals surface area (Å²) in [5, 5.41) is 0. The topological polar surface area (TPSA) is 52.6 Å². The number of carbonyl (C=O) groups is 2. The maximum Gasteiger partial charge on any atom is 0.343 e. The first-order valence-corrected chi connectivity index (χ1v) is 4.95. The average Bonchev–Trinajstić information content (AvgIpc) is 2.36. The maximum atomic E-state index is 13.6. The Labute approximate surface area is 98.3 Å². The van der Waals surface area contributed by atoms with Gasteiger partial charge in [0.25, 0.3) is 0 Å². The number of carbonyl (C=O) groups excluding carboxylic acids is 2. The Morgan fingerprint density at radius 3 is 2.47 bits per heavy atom. The fourth-order valence-electron chi connectivity index (χ4n) is 1.15. The number of benzene rings is 1. The highest BCUT2D eigenvalue weighted by Crippen LogP contribution is 2.24. The van der Waals surface area contributed by atoms with Crippen molar-refractivity contribution in [3.05, 3.63) is 29.8 Å². The fourth-order valence-corrected chi connectivity index (χ4v) is 1.15. The second kappa shape index (κ2) is 5.43. The minimum atomic E-state index is -2.01. The van der Waals surface area contributed by atoms with Crippen molar-refractivity contribution in [3.63, 3.8) is 0 Å². The molecule has 1 atom stereocenters. The molecule has 1 aromatic rings. The molecule has 0 spiro atoms. The lowest BCUT2D eigenvalue weighted by Crippen LogP contribution is -2.16. The van der Waals surface area contributed by atoms with E-state index in [1.54, 1.807) is 0 Å². The van der Waals surface area contributed by atoms with Crippen molar-refractivity contribution in [2.45, 2.75) is 12.6 Å². The minimum Gasteiger partial charge on any atom is -0.482 e. The lowest BCUT2D eigenvalue weighted by Gasteiger charge is -2.13. The molecule has 0 aliphatic rings. The number of rotatable bonds is 5. The van der Waals surface area contributed by atoms with Crippen molar-refractivity contribution in [2.24, 2.45) is 0 Å². The molecule has 0 N–H and O–H groups in total. The smallest absolute Gasteiger partial charge is 0.343 e. The third kappa shape index (κ3) is 3.55. The normalized spacial score (nSPS) is 13.6. The highest BCUT2D eigenvalue weighted by molar-refractivity contribution is 5.70. The molecule has 5 heteroatoms. The van der Waals surface area contributed by atoms with E-state index in [4.69, 9.17) is 4.74 Å². The number of methoxy groups -OCH3 is 1.